The molecule has 0 radical (unpaired) electrons. The number of aryl methyl sites for hydroxylation is 1. The Morgan fingerprint density at radius 3 is 3.15 bits per heavy atom. The summed E-state index contributed by atoms with van der Waals surface area (Å²) < 4.78 is 7.48. The van der Waals surface area contributed by atoms with Crippen molar-refractivity contribution < 1.29 is 4.74 Å². The second kappa shape index (κ2) is 3.47. The summed E-state index contributed by atoms with van der Waals surface area (Å²) in [6, 6.07) is 2.26. The molecule has 0 saturated carbocycles. The molecule has 0 aromatic carbocycles. The van der Waals surface area contributed by atoms with Crippen LogP contribution in [0, 0.1) is 0 Å². The first-order valence-electron chi connectivity index (χ1n) is 4.62. The minimum atomic E-state index is 0.135. The van der Waals surface area contributed by atoms with Gasteiger partial charge in [0.25, 0.3) is 0 Å². The first-order valence-corrected chi connectivity index (χ1v) is 4.62. The lowest BCUT2D eigenvalue weighted by Crippen LogP contribution is -2.31. The summed E-state index contributed by atoms with van der Waals surface area (Å²) in [5, 5.41) is 4.11. The third kappa shape index (κ3) is 1.73. The zero-order chi connectivity index (χ0) is 9.26. The Labute approximate surface area is 77.7 Å². The standard InChI is InChI=1S/C9H15N3O/c1-12-8(2-4-11-12)9-6-7(10)3-5-13-9/h2,4,7,9H,3,5-6,10H2,1H3/t7-,9-/m0/s1. The van der Waals surface area contributed by atoms with Gasteiger partial charge in [0.1, 0.15) is 6.10 Å². The van der Waals surface area contributed by atoms with E-state index in [1.807, 2.05) is 17.8 Å². The number of hydrogen-bond donors (Lipinski definition) is 1. The summed E-state index contributed by atoms with van der Waals surface area (Å²) in [6.45, 7) is 0.761. The van der Waals surface area contributed by atoms with Crippen LogP contribution in [0.4, 0.5) is 0 Å². The molecule has 1 aliphatic heterocycles. The number of nitrogens with zero attached hydrogens (tertiary/aromatic N) is 2. The van der Waals surface area contributed by atoms with Gasteiger partial charge in [-0.05, 0) is 18.9 Å². The van der Waals surface area contributed by atoms with Gasteiger partial charge in [0.05, 0.1) is 5.69 Å². The quantitative estimate of drug-likeness (QED) is 0.690. The van der Waals surface area contributed by atoms with Gasteiger partial charge in [-0.3, -0.25) is 4.68 Å². The Hall–Kier alpha value is -0.870. The van der Waals surface area contributed by atoms with E-state index >= 15 is 0 Å². The first kappa shape index (κ1) is 8.72. The van der Waals surface area contributed by atoms with E-state index in [1.54, 1.807) is 6.20 Å². The van der Waals surface area contributed by atoms with Crippen LogP contribution >= 0.6 is 0 Å². The molecular weight excluding hydrogens is 166 g/mol. The average Bonchev–Trinajstić information content (AvgIpc) is 2.51. The Morgan fingerprint density at radius 2 is 2.54 bits per heavy atom. The normalized spacial score (nSPS) is 29.1. The van der Waals surface area contributed by atoms with E-state index in [-0.39, 0.29) is 12.1 Å². The molecule has 0 spiro atoms. The van der Waals surface area contributed by atoms with Crippen molar-refractivity contribution in [3.63, 3.8) is 0 Å². The molecule has 13 heavy (non-hydrogen) atoms. The summed E-state index contributed by atoms with van der Waals surface area (Å²) >= 11 is 0. The van der Waals surface area contributed by atoms with E-state index in [1.165, 1.54) is 0 Å². The fraction of sp³-hybridized carbons (Fsp3) is 0.667. The molecule has 72 valence electrons. The number of ether oxygens (including phenoxy) is 1. The van der Waals surface area contributed by atoms with Crippen LogP contribution in [-0.4, -0.2) is 22.4 Å². The lowest BCUT2D eigenvalue weighted by Gasteiger charge is -2.27. The van der Waals surface area contributed by atoms with Crippen molar-refractivity contribution >= 4 is 0 Å². The Balaban J connectivity index is 2.12. The van der Waals surface area contributed by atoms with E-state index in [4.69, 9.17) is 10.5 Å². The fourth-order valence-corrected chi connectivity index (χ4v) is 1.73. The maximum atomic E-state index is 5.87. The highest BCUT2D eigenvalue weighted by molar-refractivity contribution is 5.05. The maximum absolute atomic E-state index is 5.87. The molecule has 2 rings (SSSR count). The summed E-state index contributed by atoms with van der Waals surface area (Å²) in [5.74, 6) is 0. The molecular formula is C9H15N3O. The lowest BCUT2D eigenvalue weighted by atomic mass is 10.0. The molecule has 0 unspecified atom stereocenters. The molecule has 1 saturated heterocycles. The zero-order valence-electron chi connectivity index (χ0n) is 7.81. The van der Waals surface area contributed by atoms with Crippen LogP contribution in [0.3, 0.4) is 0 Å². The number of hydrogen-bond acceptors (Lipinski definition) is 3. The predicted molar refractivity (Wildman–Crippen MR) is 49.1 cm³/mol. The minimum absolute atomic E-state index is 0.135. The summed E-state index contributed by atoms with van der Waals surface area (Å²) in [7, 11) is 1.93. The maximum Gasteiger partial charge on any atom is 0.101 e. The Bertz CT molecular complexity index is 284. The number of rotatable bonds is 1. The molecule has 4 nitrogen and oxygen atoms in total. The molecule has 2 atom stereocenters. The zero-order valence-corrected chi connectivity index (χ0v) is 7.81. The van der Waals surface area contributed by atoms with Gasteiger partial charge in [0.15, 0.2) is 0 Å². The second-order valence-electron chi connectivity index (χ2n) is 3.52. The van der Waals surface area contributed by atoms with Crippen molar-refractivity contribution in [1.82, 2.24) is 9.78 Å². The van der Waals surface area contributed by atoms with Crippen LogP contribution in [0.15, 0.2) is 12.3 Å². The summed E-state index contributed by atoms with van der Waals surface area (Å²) in [6.07, 6.45) is 3.79. The van der Waals surface area contributed by atoms with Gasteiger partial charge < -0.3 is 10.5 Å². The van der Waals surface area contributed by atoms with E-state index in [2.05, 4.69) is 5.10 Å². The smallest absolute Gasteiger partial charge is 0.101 e. The van der Waals surface area contributed by atoms with E-state index < -0.39 is 0 Å². The van der Waals surface area contributed by atoms with Crippen LogP contribution in [0.2, 0.25) is 0 Å². The van der Waals surface area contributed by atoms with Gasteiger partial charge in [-0.1, -0.05) is 0 Å². The van der Waals surface area contributed by atoms with E-state index in [9.17, 15) is 0 Å². The van der Waals surface area contributed by atoms with Crippen LogP contribution in [0.1, 0.15) is 24.6 Å². The van der Waals surface area contributed by atoms with Crippen LogP contribution < -0.4 is 5.73 Å². The van der Waals surface area contributed by atoms with Gasteiger partial charge in [0.2, 0.25) is 0 Å². The highest BCUT2D eigenvalue weighted by Crippen LogP contribution is 2.26. The Kier molecular flexibility index (Phi) is 2.33. The number of nitrogens with two attached hydrogens (primary N) is 1. The van der Waals surface area contributed by atoms with Gasteiger partial charge in [0, 0.05) is 25.9 Å². The molecule has 2 N–H and O–H groups in total. The van der Waals surface area contributed by atoms with E-state index in [0.29, 0.717) is 0 Å². The van der Waals surface area contributed by atoms with E-state index in [0.717, 1.165) is 25.1 Å². The SMILES string of the molecule is Cn1nccc1[C@@H]1C[C@@H](N)CCO1. The second-order valence-corrected chi connectivity index (χ2v) is 3.52. The van der Waals surface area contributed by atoms with Crippen molar-refractivity contribution in [2.45, 2.75) is 25.0 Å². The topological polar surface area (TPSA) is 53.1 Å². The van der Waals surface area contributed by atoms with Gasteiger partial charge in [-0.25, -0.2) is 0 Å². The molecule has 1 fully saturated rings. The molecule has 0 bridgehead atoms. The van der Waals surface area contributed by atoms with Crippen molar-refractivity contribution in [3.05, 3.63) is 18.0 Å². The van der Waals surface area contributed by atoms with Crippen LogP contribution in [0.25, 0.3) is 0 Å². The van der Waals surface area contributed by atoms with Gasteiger partial charge >= 0.3 is 0 Å². The summed E-state index contributed by atoms with van der Waals surface area (Å²) in [5.41, 5.74) is 6.99. The third-order valence-electron chi connectivity index (χ3n) is 2.51. The lowest BCUT2D eigenvalue weighted by molar-refractivity contribution is 0.00198. The molecule has 0 aliphatic carbocycles. The molecule has 0 amide bonds. The summed E-state index contributed by atoms with van der Waals surface area (Å²) in [4.78, 5) is 0. The van der Waals surface area contributed by atoms with Crippen molar-refractivity contribution in [1.29, 1.82) is 0 Å². The number of aromatic nitrogens is 2. The van der Waals surface area contributed by atoms with Gasteiger partial charge in [-0.2, -0.15) is 5.10 Å². The van der Waals surface area contributed by atoms with Gasteiger partial charge in [-0.15, -0.1) is 0 Å². The molecule has 1 aromatic rings. The van der Waals surface area contributed by atoms with Crippen molar-refractivity contribution in [2.24, 2.45) is 12.8 Å². The van der Waals surface area contributed by atoms with Crippen molar-refractivity contribution in [3.8, 4) is 0 Å². The fourth-order valence-electron chi connectivity index (χ4n) is 1.73. The van der Waals surface area contributed by atoms with Crippen LogP contribution in [-0.2, 0) is 11.8 Å². The highest BCUT2D eigenvalue weighted by atomic mass is 16.5. The van der Waals surface area contributed by atoms with Crippen molar-refractivity contribution in [2.75, 3.05) is 6.61 Å². The predicted octanol–water partition coefficient (Wildman–Crippen LogP) is 0.599. The van der Waals surface area contributed by atoms with Crippen LogP contribution in [0.5, 0.6) is 0 Å². The minimum Gasteiger partial charge on any atom is -0.372 e. The Morgan fingerprint density at radius 1 is 1.69 bits per heavy atom. The third-order valence-corrected chi connectivity index (χ3v) is 2.51. The molecule has 4 heteroatoms. The average molecular weight is 181 g/mol. The molecule has 2 heterocycles. The largest absolute Gasteiger partial charge is 0.372 e. The highest BCUT2D eigenvalue weighted by Gasteiger charge is 2.23. The first-order chi connectivity index (χ1) is 6.27. The molecule has 1 aromatic heterocycles. The molecule has 1 aliphatic rings. The monoisotopic (exact) mass is 181 g/mol.